The summed E-state index contributed by atoms with van der Waals surface area (Å²) >= 11 is 0. The summed E-state index contributed by atoms with van der Waals surface area (Å²) in [5.41, 5.74) is 0.449. The molecule has 1 fully saturated rings. The smallest absolute Gasteiger partial charge is 0.316 e. The van der Waals surface area contributed by atoms with Gasteiger partial charge in [-0.3, -0.25) is 14.2 Å². The van der Waals surface area contributed by atoms with Crippen molar-refractivity contribution in [3.05, 3.63) is 52.7 Å². The van der Waals surface area contributed by atoms with Crippen molar-refractivity contribution in [3.63, 3.8) is 0 Å². The summed E-state index contributed by atoms with van der Waals surface area (Å²) in [7, 11) is 0. The van der Waals surface area contributed by atoms with Crippen molar-refractivity contribution < 1.29 is 9.32 Å². The summed E-state index contributed by atoms with van der Waals surface area (Å²) in [6.45, 7) is 0.0941. The third-order valence-electron chi connectivity index (χ3n) is 4.90. The van der Waals surface area contributed by atoms with Gasteiger partial charge in [0.25, 0.3) is 5.56 Å². The number of amides is 1. The van der Waals surface area contributed by atoms with Crippen LogP contribution in [-0.4, -0.2) is 31.6 Å². The van der Waals surface area contributed by atoms with Crippen LogP contribution >= 0.6 is 0 Å². The Balaban J connectivity index is 1.47. The van der Waals surface area contributed by atoms with E-state index in [1.807, 2.05) is 6.07 Å². The van der Waals surface area contributed by atoms with Crippen LogP contribution in [0.2, 0.25) is 0 Å². The maximum absolute atomic E-state index is 12.5. The van der Waals surface area contributed by atoms with E-state index in [1.54, 1.807) is 18.2 Å². The van der Waals surface area contributed by atoms with Gasteiger partial charge in [-0.25, -0.2) is 4.98 Å². The van der Waals surface area contributed by atoms with Gasteiger partial charge in [-0.2, -0.15) is 4.98 Å². The minimum atomic E-state index is -0.357. The van der Waals surface area contributed by atoms with E-state index in [0.717, 1.165) is 25.7 Å². The molecule has 2 heterocycles. The van der Waals surface area contributed by atoms with Gasteiger partial charge in [0, 0.05) is 6.04 Å². The number of benzene rings is 1. The highest BCUT2D eigenvalue weighted by Gasteiger charge is 2.20. The molecule has 0 radical (unpaired) electrons. The van der Waals surface area contributed by atoms with Gasteiger partial charge >= 0.3 is 11.8 Å². The zero-order valence-electron chi connectivity index (χ0n) is 14.9. The number of carbonyl (C=O) groups excluding carboxylic acids is 1. The van der Waals surface area contributed by atoms with Gasteiger partial charge in [0.15, 0.2) is 5.82 Å². The Kier molecular flexibility index (Phi) is 4.95. The Morgan fingerprint density at radius 3 is 2.78 bits per heavy atom. The van der Waals surface area contributed by atoms with Crippen molar-refractivity contribution in [1.29, 1.82) is 0 Å². The Morgan fingerprint density at radius 2 is 1.96 bits per heavy atom. The maximum Gasteiger partial charge on any atom is 0.316 e. The topological polar surface area (TPSA) is 103 Å². The number of hydrogen-bond donors (Lipinski definition) is 1. The van der Waals surface area contributed by atoms with E-state index in [4.69, 9.17) is 4.52 Å². The van der Waals surface area contributed by atoms with Crippen molar-refractivity contribution in [2.24, 2.45) is 0 Å². The molecule has 2 aromatic heterocycles. The van der Waals surface area contributed by atoms with Crippen LogP contribution in [0.25, 0.3) is 10.9 Å². The summed E-state index contributed by atoms with van der Waals surface area (Å²) in [5.74, 6) is -0.166. The number of nitrogens with zero attached hydrogens (tertiary/aromatic N) is 4. The Bertz CT molecular complexity index is 1000. The van der Waals surface area contributed by atoms with E-state index in [9.17, 15) is 9.59 Å². The summed E-state index contributed by atoms with van der Waals surface area (Å²) in [6.07, 6.45) is 8.08. The number of rotatable bonds is 4. The predicted molar refractivity (Wildman–Crippen MR) is 98.4 cm³/mol. The molecule has 1 aromatic carbocycles. The molecule has 0 spiro atoms. The molecule has 140 valence electrons. The van der Waals surface area contributed by atoms with Gasteiger partial charge in [-0.05, 0) is 25.0 Å². The van der Waals surface area contributed by atoms with Crippen LogP contribution in [0.5, 0.6) is 0 Å². The molecule has 1 N–H and O–H groups in total. The first kappa shape index (κ1) is 17.4. The lowest BCUT2D eigenvalue weighted by Crippen LogP contribution is -2.34. The highest BCUT2D eigenvalue weighted by atomic mass is 16.5. The molecule has 4 rings (SSSR count). The number of carbonyl (C=O) groups is 1. The molecule has 0 bridgehead atoms. The van der Waals surface area contributed by atoms with Crippen LogP contribution in [0.3, 0.4) is 0 Å². The van der Waals surface area contributed by atoms with E-state index in [0.29, 0.717) is 10.9 Å². The van der Waals surface area contributed by atoms with E-state index in [2.05, 4.69) is 20.4 Å². The van der Waals surface area contributed by atoms with Crippen LogP contribution in [0.4, 0.5) is 0 Å². The van der Waals surface area contributed by atoms with Gasteiger partial charge in [0.05, 0.1) is 23.8 Å². The number of fused-ring (bicyclic) bond motifs is 1. The van der Waals surface area contributed by atoms with Gasteiger partial charge < -0.3 is 9.84 Å². The van der Waals surface area contributed by atoms with Gasteiger partial charge in [-0.15, -0.1) is 0 Å². The quantitative estimate of drug-likeness (QED) is 0.710. The molecule has 0 saturated heterocycles. The van der Waals surface area contributed by atoms with Crippen LogP contribution in [0.15, 0.2) is 39.9 Å². The second kappa shape index (κ2) is 7.69. The van der Waals surface area contributed by atoms with Crippen molar-refractivity contribution in [3.8, 4) is 0 Å². The molecule has 8 heteroatoms. The Hall–Kier alpha value is -3.03. The highest BCUT2D eigenvalue weighted by Crippen LogP contribution is 2.17. The normalized spacial score (nSPS) is 15.6. The lowest BCUT2D eigenvalue weighted by molar-refractivity contribution is 0.0889. The third-order valence-corrected chi connectivity index (χ3v) is 4.90. The fourth-order valence-corrected chi connectivity index (χ4v) is 3.45. The van der Waals surface area contributed by atoms with E-state index < -0.39 is 0 Å². The first-order valence-electron chi connectivity index (χ1n) is 9.28. The lowest BCUT2D eigenvalue weighted by atomic mass is 10.1. The summed E-state index contributed by atoms with van der Waals surface area (Å²) in [4.78, 5) is 33.3. The summed E-state index contributed by atoms with van der Waals surface area (Å²) < 4.78 is 6.49. The molecule has 1 aliphatic carbocycles. The molecule has 0 atom stereocenters. The minimum absolute atomic E-state index is 0.0731. The molecule has 0 unspecified atom stereocenters. The molecule has 1 aliphatic rings. The van der Waals surface area contributed by atoms with Crippen molar-refractivity contribution in [2.45, 2.75) is 51.1 Å². The van der Waals surface area contributed by atoms with Crippen LogP contribution in [0, 0.1) is 0 Å². The van der Waals surface area contributed by atoms with E-state index in [-0.39, 0.29) is 35.8 Å². The monoisotopic (exact) mass is 367 g/mol. The summed E-state index contributed by atoms with van der Waals surface area (Å²) in [6, 6.07) is 7.29. The fourth-order valence-electron chi connectivity index (χ4n) is 3.45. The molecule has 1 saturated carbocycles. The minimum Gasteiger partial charge on any atom is -0.345 e. The molecule has 0 aliphatic heterocycles. The molecular formula is C19H21N5O3. The Labute approximate surface area is 155 Å². The van der Waals surface area contributed by atoms with Crippen molar-refractivity contribution in [1.82, 2.24) is 25.0 Å². The SMILES string of the molecule is O=C(NC1CCCCCC1)c1nc(Cn2cnc3ccccc3c2=O)no1. The van der Waals surface area contributed by atoms with E-state index >= 15 is 0 Å². The van der Waals surface area contributed by atoms with Gasteiger partial charge in [-0.1, -0.05) is 43.0 Å². The average Bonchev–Trinajstić information content (AvgIpc) is 3.00. The first-order chi connectivity index (χ1) is 13.2. The fraction of sp³-hybridized carbons (Fsp3) is 0.421. The molecule has 8 nitrogen and oxygen atoms in total. The summed E-state index contributed by atoms with van der Waals surface area (Å²) in [5, 5.41) is 7.33. The Morgan fingerprint density at radius 1 is 1.19 bits per heavy atom. The second-order valence-electron chi connectivity index (χ2n) is 6.87. The van der Waals surface area contributed by atoms with Crippen molar-refractivity contribution >= 4 is 16.8 Å². The van der Waals surface area contributed by atoms with Gasteiger partial charge in [0.1, 0.15) is 0 Å². The van der Waals surface area contributed by atoms with Crippen LogP contribution < -0.4 is 10.9 Å². The second-order valence-corrected chi connectivity index (χ2v) is 6.87. The standard InChI is InChI=1S/C19H21N5O3/c25-17(21-13-7-3-1-2-4-8-13)18-22-16(23-27-18)11-24-12-20-15-10-6-5-9-14(15)19(24)26/h5-6,9-10,12-13H,1-4,7-8,11H2,(H,21,25). The molecule has 27 heavy (non-hydrogen) atoms. The number of hydrogen-bond acceptors (Lipinski definition) is 6. The molecular weight excluding hydrogens is 346 g/mol. The molecule has 1 amide bonds. The highest BCUT2D eigenvalue weighted by molar-refractivity contribution is 5.89. The largest absolute Gasteiger partial charge is 0.345 e. The number of aromatic nitrogens is 4. The number of para-hydroxylation sites is 1. The number of nitrogens with one attached hydrogen (secondary N) is 1. The van der Waals surface area contributed by atoms with Crippen LogP contribution in [-0.2, 0) is 6.54 Å². The predicted octanol–water partition coefficient (Wildman–Crippen LogP) is 2.28. The third kappa shape index (κ3) is 3.89. The maximum atomic E-state index is 12.5. The van der Waals surface area contributed by atoms with E-state index in [1.165, 1.54) is 23.7 Å². The zero-order chi connectivity index (χ0) is 18.6. The first-order valence-corrected chi connectivity index (χ1v) is 9.28. The molecule has 3 aromatic rings. The van der Waals surface area contributed by atoms with Gasteiger partial charge in [0.2, 0.25) is 0 Å². The van der Waals surface area contributed by atoms with Crippen molar-refractivity contribution in [2.75, 3.05) is 0 Å². The lowest BCUT2D eigenvalue weighted by Gasteiger charge is -2.14. The zero-order valence-corrected chi connectivity index (χ0v) is 14.9. The average molecular weight is 367 g/mol. The van der Waals surface area contributed by atoms with Crippen LogP contribution in [0.1, 0.15) is 55.0 Å².